The molecule has 2 N–H and O–H groups in total. The van der Waals surface area contributed by atoms with E-state index in [4.69, 9.17) is 0 Å². The summed E-state index contributed by atoms with van der Waals surface area (Å²) in [6.45, 7) is 0. The molecule has 0 aromatic heterocycles. The molecule has 24 heavy (non-hydrogen) atoms. The highest BCUT2D eigenvalue weighted by Crippen LogP contribution is 2.45. The van der Waals surface area contributed by atoms with Crippen LogP contribution in [0.4, 0.5) is 0 Å². The van der Waals surface area contributed by atoms with Gasteiger partial charge in [0.1, 0.15) is 0 Å². The van der Waals surface area contributed by atoms with E-state index in [0.29, 0.717) is 23.0 Å². The van der Waals surface area contributed by atoms with Crippen LogP contribution in [0.2, 0.25) is 0 Å². The van der Waals surface area contributed by atoms with Crippen LogP contribution < -0.4 is 5.32 Å². The molecule has 0 bridgehead atoms. The molecule has 4 rings (SSSR count). The molecule has 124 valence electrons. The van der Waals surface area contributed by atoms with Gasteiger partial charge in [0, 0.05) is 6.04 Å². The summed E-state index contributed by atoms with van der Waals surface area (Å²) in [7, 11) is 0. The summed E-state index contributed by atoms with van der Waals surface area (Å²) in [4.78, 5) is 13.2. The molecule has 3 heteroatoms. The van der Waals surface area contributed by atoms with Gasteiger partial charge in [-0.2, -0.15) is 0 Å². The van der Waals surface area contributed by atoms with Crippen molar-refractivity contribution in [1.82, 2.24) is 5.32 Å². The molecule has 0 saturated heterocycles. The van der Waals surface area contributed by atoms with Crippen molar-refractivity contribution >= 4 is 5.91 Å². The standard InChI is InChI=1S/C21H23NO2/c23-20(22-19(15-11-12-15)16-13-14-16)21(24,17-7-3-1-4-8-17)18-9-5-2-6-10-18/h1-10,15-16,19,24H,11-14H2,(H,22,23). The molecule has 0 aliphatic heterocycles. The molecule has 2 saturated carbocycles. The summed E-state index contributed by atoms with van der Waals surface area (Å²) >= 11 is 0. The summed E-state index contributed by atoms with van der Waals surface area (Å²) in [5, 5.41) is 14.7. The monoisotopic (exact) mass is 321 g/mol. The highest BCUT2D eigenvalue weighted by molar-refractivity contribution is 5.90. The Bertz CT molecular complexity index is 654. The first kappa shape index (κ1) is 15.4. The minimum atomic E-state index is -1.65. The molecule has 0 unspecified atom stereocenters. The van der Waals surface area contributed by atoms with Crippen molar-refractivity contribution in [3.05, 3.63) is 71.8 Å². The molecule has 2 aliphatic rings. The minimum Gasteiger partial charge on any atom is -0.372 e. The van der Waals surface area contributed by atoms with E-state index in [1.54, 1.807) is 0 Å². The Balaban J connectivity index is 1.68. The van der Waals surface area contributed by atoms with Gasteiger partial charge in [0.25, 0.3) is 5.91 Å². The van der Waals surface area contributed by atoms with Gasteiger partial charge >= 0.3 is 0 Å². The Kier molecular flexibility index (Phi) is 3.89. The maximum Gasteiger partial charge on any atom is 0.261 e. The number of hydrogen-bond donors (Lipinski definition) is 2. The fourth-order valence-electron chi connectivity index (χ4n) is 3.57. The van der Waals surface area contributed by atoms with Gasteiger partial charge in [-0.3, -0.25) is 4.79 Å². The van der Waals surface area contributed by atoms with Gasteiger partial charge in [0.05, 0.1) is 0 Å². The minimum absolute atomic E-state index is 0.219. The van der Waals surface area contributed by atoms with Gasteiger partial charge in [0.2, 0.25) is 0 Å². The smallest absolute Gasteiger partial charge is 0.261 e. The van der Waals surface area contributed by atoms with Gasteiger partial charge in [0.15, 0.2) is 5.60 Å². The summed E-state index contributed by atoms with van der Waals surface area (Å²) in [6, 6.07) is 18.7. The predicted molar refractivity (Wildman–Crippen MR) is 93.3 cm³/mol. The first-order valence-corrected chi connectivity index (χ1v) is 8.84. The molecule has 2 fully saturated rings. The van der Waals surface area contributed by atoms with Crippen molar-refractivity contribution in [1.29, 1.82) is 0 Å². The molecule has 0 atom stereocenters. The van der Waals surface area contributed by atoms with Crippen LogP contribution in [-0.4, -0.2) is 17.1 Å². The van der Waals surface area contributed by atoms with Gasteiger partial charge < -0.3 is 10.4 Å². The lowest BCUT2D eigenvalue weighted by atomic mass is 9.85. The summed E-state index contributed by atoms with van der Waals surface area (Å²) < 4.78 is 0. The van der Waals surface area contributed by atoms with Crippen molar-refractivity contribution in [3.63, 3.8) is 0 Å². The SMILES string of the molecule is O=C(NC(C1CC1)C1CC1)C(O)(c1ccccc1)c1ccccc1. The number of carbonyl (C=O) groups is 1. The van der Waals surface area contributed by atoms with Crippen LogP contribution in [0.3, 0.4) is 0 Å². The number of hydrogen-bond acceptors (Lipinski definition) is 2. The normalized spacial score (nSPS) is 17.8. The lowest BCUT2D eigenvalue weighted by Gasteiger charge is -2.30. The number of rotatable bonds is 6. The Morgan fingerprint density at radius 1 is 0.875 bits per heavy atom. The van der Waals surface area contributed by atoms with E-state index in [1.807, 2.05) is 60.7 Å². The van der Waals surface area contributed by atoms with E-state index in [2.05, 4.69) is 5.32 Å². The van der Waals surface area contributed by atoms with Crippen molar-refractivity contribution in [2.75, 3.05) is 0 Å². The topological polar surface area (TPSA) is 49.3 Å². The molecule has 2 aliphatic carbocycles. The van der Waals surface area contributed by atoms with E-state index < -0.39 is 5.60 Å². The Morgan fingerprint density at radius 3 is 1.67 bits per heavy atom. The summed E-state index contributed by atoms with van der Waals surface area (Å²) in [5.74, 6) is 0.887. The van der Waals surface area contributed by atoms with Crippen LogP contribution in [0.25, 0.3) is 0 Å². The number of amides is 1. The zero-order chi connectivity index (χ0) is 16.6. The lowest BCUT2D eigenvalue weighted by Crippen LogP contribution is -2.50. The second kappa shape index (κ2) is 6.06. The van der Waals surface area contributed by atoms with E-state index in [1.165, 1.54) is 25.7 Å². The molecule has 3 nitrogen and oxygen atoms in total. The van der Waals surface area contributed by atoms with Crippen LogP contribution in [0.5, 0.6) is 0 Å². The van der Waals surface area contributed by atoms with E-state index in [0.717, 1.165) is 0 Å². The van der Waals surface area contributed by atoms with Gasteiger partial charge in [-0.15, -0.1) is 0 Å². The average Bonchev–Trinajstić information content (AvgIpc) is 3.53. The molecule has 0 radical (unpaired) electrons. The van der Waals surface area contributed by atoms with Gasteiger partial charge in [-0.05, 0) is 48.6 Å². The Morgan fingerprint density at radius 2 is 1.29 bits per heavy atom. The highest BCUT2D eigenvalue weighted by atomic mass is 16.3. The first-order chi connectivity index (χ1) is 11.7. The van der Waals surface area contributed by atoms with Crippen LogP contribution in [0.15, 0.2) is 60.7 Å². The lowest BCUT2D eigenvalue weighted by molar-refractivity contribution is -0.137. The fourth-order valence-corrected chi connectivity index (χ4v) is 3.57. The van der Waals surface area contributed by atoms with Crippen molar-refractivity contribution in [3.8, 4) is 0 Å². The zero-order valence-electron chi connectivity index (χ0n) is 13.7. The van der Waals surface area contributed by atoms with Crippen molar-refractivity contribution in [2.45, 2.75) is 37.3 Å². The van der Waals surface area contributed by atoms with Gasteiger partial charge in [-0.1, -0.05) is 60.7 Å². The number of aliphatic hydroxyl groups is 1. The van der Waals surface area contributed by atoms with E-state index >= 15 is 0 Å². The second-order valence-electron chi connectivity index (χ2n) is 7.12. The number of benzene rings is 2. The third kappa shape index (κ3) is 2.84. The first-order valence-electron chi connectivity index (χ1n) is 8.84. The summed E-state index contributed by atoms with van der Waals surface area (Å²) in [5.41, 5.74) is -0.428. The van der Waals surface area contributed by atoms with Crippen LogP contribution >= 0.6 is 0 Å². The Labute approximate surface area is 142 Å². The molecule has 1 amide bonds. The zero-order valence-corrected chi connectivity index (χ0v) is 13.7. The number of carbonyl (C=O) groups excluding carboxylic acids is 1. The molecule has 0 heterocycles. The summed E-state index contributed by atoms with van der Waals surface area (Å²) in [6.07, 6.45) is 4.76. The largest absolute Gasteiger partial charge is 0.372 e. The predicted octanol–water partition coefficient (Wildman–Crippen LogP) is 3.23. The average molecular weight is 321 g/mol. The third-order valence-electron chi connectivity index (χ3n) is 5.27. The van der Waals surface area contributed by atoms with Crippen molar-refractivity contribution in [2.24, 2.45) is 11.8 Å². The quantitative estimate of drug-likeness (QED) is 0.858. The molecule has 2 aromatic carbocycles. The molecular weight excluding hydrogens is 298 g/mol. The number of nitrogens with one attached hydrogen (secondary N) is 1. The van der Waals surface area contributed by atoms with E-state index in [9.17, 15) is 9.90 Å². The molecule has 0 spiro atoms. The molecule has 2 aromatic rings. The Hall–Kier alpha value is -2.13. The van der Waals surface area contributed by atoms with Crippen LogP contribution in [0.1, 0.15) is 36.8 Å². The van der Waals surface area contributed by atoms with Crippen LogP contribution in [-0.2, 0) is 10.4 Å². The fraction of sp³-hybridized carbons (Fsp3) is 0.381. The third-order valence-corrected chi connectivity index (χ3v) is 5.27. The van der Waals surface area contributed by atoms with E-state index in [-0.39, 0.29) is 11.9 Å². The van der Waals surface area contributed by atoms with Gasteiger partial charge in [-0.25, -0.2) is 0 Å². The van der Waals surface area contributed by atoms with Crippen LogP contribution in [0, 0.1) is 11.8 Å². The molecular formula is C21H23NO2. The second-order valence-corrected chi connectivity index (χ2v) is 7.12. The maximum absolute atomic E-state index is 13.2. The maximum atomic E-state index is 13.2. The highest BCUT2D eigenvalue weighted by Gasteiger charge is 2.46. The van der Waals surface area contributed by atoms with Crippen molar-refractivity contribution < 1.29 is 9.90 Å².